The van der Waals surface area contributed by atoms with Gasteiger partial charge in [0, 0.05) is 43.8 Å². The molecule has 0 radical (unpaired) electrons. The van der Waals surface area contributed by atoms with Gasteiger partial charge in [0.05, 0.1) is 0 Å². The molecule has 0 aliphatic rings. The first-order chi connectivity index (χ1) is 8.61. The van der Waals surface area contributed by atoms with Crippen LogP contribution in [0.3, 0.4) is 0 Å². The summed E-state index contributed by atoms with van der Waals surface area (Å²) in [6, 6.07) is 1.94. The van der Waals surface area contributed by atoms with E-state index in [0.717, 1.165) is 29.9 Å². The number of hydrogen-bond acceptors (Lipinski definition) is 3. The standard InChI is InChI=1S/C14H23NO3/c1-5-15-11(2)9-13(12(15)3)14(16)10-18-8-6-7-17-4/h9H,5-8,10H2,1-4H3. The van der Waals surface area contributed by atoms with E-state index in [1.165, 1.54) is 0 Å². The van der Waals surface area contributed by atoms with Gasteiger partial charge in [0.2, 0.25) is 0 Å². The summed E-state index contributed by atoms with van der Waals surface area (Å²) in [5.74, 6) is 0.0558. The number of rotatable bonds is 8. The van der Waals surface area contributed by atoms with E-state index in [1.807, 2.05) is 19.9 Å². The molecule has 0 aliphatic heterocycles. The first kappa shape index (κ1) is 14.9. The summed E-state index contributed by atoms with van der Waals surface area (Å²) in [5, 5.41) is 0. The molecular formula is C14H23NO3. The van der Waals surface area contributed by atoms with Crippen LogP contribution in [0.5, 0.6) is 0 Å². The highest BCUT2D eigenvalue weighted by Crippen LogP contribution is 2.15. The molecule has 1 aromatic heterocycles. The Hall–Kier alpha value is -1.13. The van der Waals surface area contributed by atoms with Crippen molar-refractivity contribution in [3.05, 3.63) is 23.0 Å². The average molecular weight is 253 g/mol. The molecule has 0 atom stereocenters. The number of nitrogens with zero attached hydrogens (tertiary/aromatic N) is 1. The highest BCUT2D eigenvalue weighted by Gasteiger charge is 2.14. The SMILES string of the molecule is CCn1c(C)cc(C(=O)COCCCOC)c1C. The molecule has 4 nitrogen and oxygen atoms in total. The Balaban J connectivity index is 2.52. The molecule has 0 spiro atoms. The molecule has 0 saturated carbocycles. The van der Waals surface area contributed by atoms with Crippen molar-refractivity contribution in [3.63, 3.8) is 0 Å². The fraction of sp³-hybridized carbons (Fsp3) is 0.643. The summed E-state index contributed by atoms with van der Waals surface area (Å²) in [6.45, 7) is 8.35. The van der Waals surface area contributed by atoms with Crippen LogP contribution < -0.4 is 0 Å². The maximum Gasteiger partial charge on any atom is 0.190 e. The molecule has 0 saturated heterocycles. The normalized spacial score (nSPS) is 10.9. The monoisotopic (exact) mass is 253 g/mol. The van der Waals surface area contributed by atoms with E-state index >= 15 is 0 Å². The molecule has 4 heteroatoms. The Bertz CT molecular complexity index is 396. The molecule has 0 aliphatic carbocycles. The third-order valence-electron chi connectivity index (χ3n) is 3.06. The summed E-state index contributed by atoms with van der Waals surface area (Å²) in [5.41, 5.74) is 2.93. The van der Waals surface area contributed by atoms with E-state index in [4.69, 9.17) is 9.47 Å². The second kappa shape index (κ2) is 7.34. The van der Waals surface area contributed by atoms with Crippen molar-refractivity contribution in [2.75, 3.05) is 26.9 Å². The zero-order valence-electron chi connectivity index (χ0n) is 11.8. The molecule has 1 heterocycles. The number of Topliss-reactive ketones (excluding diaryl/α,β-unsaturated/α-hetero) is 1. The van der Waals surface area contributed by atoms with Crippen molar-refractivity contribution in [1.82, 2.24) is 4.57 Å². The van der Waals surface area contributed by atoms with Crippen molar-refractivity contribution in [2.45, 2.75) is 33.7 Å². The molecule has 18 heavy (non-hydrogen) atoms. The zero-order valence-corrected chi connectivity index (χ0v) is 11.8. The van der Waals surface area contributed by atoms with Gasteiger partial charge in [-0.3, -0.25) is 4.79 Å². The van der Waals surface area contributed by atoms with Crippen LogP contribution in [0.15, 0.2) is 6.07 Å². The molecule has 0 fully saturated rings. The molecule has 1 aromatic rings. The Morgan fingerprint density at radius 2 is 2.06 bits per heavy atom. The van der Waals surface area contributed by atoms with E-state index < -0.39 is 0 Å². The first-order valence-corrected chi connectivity index (χ1v) is 6.38. The predicted octanol–water partition coefficient (Wildman–Crippen LogP) is 2.36. The van der Waals surface area contributed by atoms with Gasteiger partial charge in [-0.15, -0.1) is 0 Å². The van der Waals surface area contributed by atoms with Crippen LogP contribution in [0, 0.1) is 13.8 Å². The van der Waals surface area contributed by atoms with Crippen molar-refractivity contribution in [2.24, 2.45) is 0 Å². The number of carbonyl (C=O) groups excluding carboxylic acids is 1. The molecule has 0 N–H and O–H groups in total. The Morgan fingerprint density at radius 1 is 1.33 bits per heavy atom. The largest absolute Gasteiger partial charge is 0.385 e. The predicted molar refractivity (Wildman–Crippen MR) is 71.2 cm³/mol. The number of ketones is 1. The minimum Gasteiger partial charge on any atom is -0.385 e. The Kier molecular flexibility index (Phi) is 6.09. The Labute approximate surface area is 109 Å². The summed E-state index contributed by atoms with van der Waals surface area (Å²) < 4.78 is 12.4. The lowest BCUT2D eigenvalue weighted by atomic mass is 10.1. The highest BCUT2D eigenvalue weighted by atomic mass is 16.5. The second-order valence-electron chi connectivity index (χ2n) is 4.35. The summed E-state index contributed by atoms with van der Waals surface area (Å²) >= 11 is 0. The average Bonchev–Trinajstić information content (AvgIpc) is 2.64. The third-order valence-corrected chi connectivity index (χ3v) is 3.06. The number of aryl methyl sites for hydroxylation is 1. The van der Waals surface area contributed by atoms with Crippen molar-refractivity contribution >= 4 is 5.78 Å². The van der Waals surface area contributed by atoms with Crippen LogP contribution in [0.4, 0.5) is 0 Å². The van der Waals surface area contributed by atoms with Crippen LogP contribution in [-0.4, -0.2) is 37.3 Å². The van der Waals surface area contributed by atoms with E-state index in [1.54, 1.807) is 7.11 Å². The Morgan fingerprint density at radius 3 is 2.61 bits per heavy atom. The van der Waals surface area contributed by atoms with Gasteiger partial charge < -0.3 is 14.0 Å². The second-order valence-corrected chi connectivity index (χ2v) is 4.35. The molecule has 0 aromatic carbocycles. The number of aromatic nitrogens is 1. The maximum absolute atomic E-state index is 12.0. The molecule has 102 valence electrons. The molecular weight excluding hydrogens is 230 g/mol. The fourth-order valence-electron chi connectivity index (χ4n) is 2.12. The number of methoxy groups -OCH3 is 1. The number of carbonyl (C=O) groups is 1. The summed E-state index contributed by atoms with van der Waals surface area (Å²) in [4.78, 5) is 12.0. The summed E-state index contributed by atoms with van der Waals surface area (Å²) in [6.07, 6.45) is 0.817. The maximum atomic E-state index is 12.0. The first-order valence-electron chi connectivity index (χ1n) is 6.38. The zero-order chi connectivity index (χ0) is 13.5. The number of hydrogen-bond donors (Lipinski definition) is 0. The van der Waals surface area contributed by atoms with Crippen LogP contribution in [0.25, 0.3) is 0 Å². The van der Waals surface area contributed by atoms with Gasteiger partial charge in [-0.1, -0.05) is 0 Å². The third kappa shape index (κ3) is 3.68. The lowest BCUT2D eigenvalue weighted by molar-refractivity contribution is 0.0704. The van der Waals surface area contributed by atoms with Gasteiger partial charge in [-0.25, -0.2) is 0 Å². The minimum atomic E-state index is 0.0558. The van der Waals surface area contributed by atoms with E-state index in [-0.39, 0.29) is 12.4 Å². The quantitative estimate of drug-likeness (QED) is 0.527. The van der Waals surface area contributed by atoms with E-state index in [0.29, 0.717) is 13.2 Å². The highest BCUT2D eigenvalue weighted by molar-refractivity contribution is 5.98. The smallest absolute Gasteiger partial charge is 0.190 e. The van der Waals surface area contributed by atoms with Gasteiger partial charge >= 0.3 is 0 Å². The van der Waals surface area contributed by atoms with E-state index in [9.17, 15) is 4.79 Å². The lowest BCUT2D eigenvalue weighted by Crippen LogP contribution is -2.12. The topological polar surface area (TPSA) is 40.5 Å². The van der Waals surface area contributed by atoms with Crippen LogP contribution >= 0.6 is 0 Å². The molecule has 0 amide bonds. The van der Waals surface area contributed by atoms with Gasteiger partial charge in [-0.05, 0) is 33.3 Å². The lowest BCUT2D eigenvalue weighted by Gasteiger charge is -2.06. The van der Waals surface area contributed by atoms with Crippen molar-refractivity contribution in [3.8, 4) is 0 Å². The minimum absolute atomic E-state index is 0.0558. The number of ether oxygens (including phenoxy) is 2. The van der Waals surface area contributed by atoms with Crippen LogP contribution in [0.2, 0.25) is 0 Å². The van der Waals surface area contributed by atoms with Gasteiger partial charge in [-0.2, -0.15) is 0 Å². The molecule has 0 bridgehead atoms. The molecule has 0 unspecified atom stereocenters. The van der Waals surface area contributed by atoms with Crippen LogP contribution in [0.1, 0.15) is 35.1 Å². The van der Waals surface area contributed by atoms with Crippen molar-refractivity contribution in [1.29, 1.82) is 0 Å². The van der Waals surface area contributed by atoms with E-state index in [2.05, 4.69) is 11.5 Å². The van der Waals surface area contributed by atoms with Gasteiger partial charge in [0.25, 0.3) is 0 Å². The summed E-state index contributed by atoms with van der Waals surface area (Å²) in [7, 11) is 1.66. The fourth-order valence-corrected chi connectivity index (χ4v) is 2.12. The molecule has 1 rings (SSSR count). The van der Waals surface area contributed by atoms with Gasteiger partial charge in [0.1, 0.15) is 6.61 Å². The van der Waals surface area contributed by atoms with Crippen molar-refractivity contribution < 1.29 is 14.3 Å². The van der Waals surface area contributed by atoms with Gasteiger partial charge in [0.15, 0.2) is 5.78 Å². The van der Waals surface area contributed by atoms with Crippen LogP contribution in [-0.2, 0) is 16.0 Å².